The Morgan fingerprint density at radius 2 is 1.72 bits per heavy atom. The van der Waals surface area contributed by atoms with E-state index in [0.29, 0.717) is 17.3 Å². The number of amides is 1. The molecule has 1 aliphatic carbocycles. The molecule has 1 heterocycles. The quantitative estimate of drug-likeness (QED) is 0.390. The topological polar surface area (TPSA) is 122 Å². The molecule has 0 bridgehead atoms. The Kier molecular flexibility index (Phi) is 8.56. The Labute approximate surface area is 231 Å². The molecule has 0 saturated heterocycles. The smallest absolute Gasteiger partial charge is 0.264 e. The number of fused-ring (bicyclic) bond motifs is 1. The number of rotatable bonds is 10. The van der Waals surface area contributed by atoms with Gasteiger partial charge in [0, 0.05) is 31.2 Å². The fourth-order valence-corrected chi connectivity index (χ4v) is 6.62. The monoisotopic (exact) mass is 555 g/mol. The van der Waals surface area contributed by atoms with Crippen LogP contribution in [-0.2, 0) is 26.8 Å². The molecule has 2 aromatic carbocycles. The molecule has 0 spiro atoms. The van der Waals surface area contributed by atoms with Crippen molar-refractivity contribution in [1.82, 2.24) is 9.55 Å². The van der Waals surface area contributed by atoms with Crippen molar-refractivity contribution in [2.24, 2.45) is 11.7 Å². The first-order chi connectivity index (χ1) is 18.4. The van der Waals surface area contributed by atoms with Gasteiger partial charge in [0.15, 0.2) is 0 Å². The average molecular weight is 556 g/mol. The van der Waals surface area contributed by atoms with Gasteiger partial charge in [0.2, 0.25) is 5.91 Å². The molecule has 212 valence electrons. The van der Waals surface area contributed by atoms with Gasteiger partial charge in [-0.3, -0.25) is 9.10 Å². The normalized spacial score (nSPS) is 15.0. The van der Waals surface area contributed by atoms with Gasteiger partial charge < -0.3 is 20.3 Å². The zero-order chi connectivity index (χ0) is 28.4. The highest BCUT2D eigenvalue weighted by atomic mass is 32.2. The third-order valence-electron chi connectivity index (χ3n) is 7.51. The first kappa shape index (κ1) is 28.9. The van der Waals surface area contributed by atoms with E-state index in [9.17, 15) is 18.3 Å². The van der Waals surface area contributed by atoms with Crippen molar-refractivity contribution in [1.29, 1.82) is 0 Å². The second-order valence-electron chi connectivity index (χ2n) is 11.6. The molecule has 9 nitrogen and oxygen atoms in total. The molecule has 4 rings (SSSR count). The van der Waals surface area contributed by atoms with Crippen LogP contribution in [0.3, 0.4) is 0 Å². The summed E-state index contributed by atoms with van der Waals surface area (Å²) in [7, 11) is -2.31. The highest BCUT2D eigenvalue weighted by Crippen LogP contribution is 2.33. The predicted molar refractivity (Wildman–Crippen MR) is 156 cm³/mol. The summed E-state index contributed by atoms with van der Waals surface area (Å²) >= 11 is 0. The summed E-state index contributed by atoms with van der Waals surface area (Å²) in [5, 5.41) is 9.31. The van der Waals surface area contributed by atoms with Crippen molar-refractivity contribution in [3.05, 3.63) is 48.3 Å². The number of carbonyl (C=O) groups is 1. The summed E-state index contributed by atoms with van der Waals surface area (Å²) in [6.45, 7) is 7.40. The Hall–Kier alpha value is -3.11. The molecule has 0 aliphatic heterocycles. The summed E-state index contributed by atoms with van der Waals surface area (Å²) < 4.78 is 30.7. The number of nitrogens with two attached hydrogens (primary N) is 1. The summed E-state index contributed by atoms with van der Waals surface area (Å²) in [6, 6.07) is 11.9. The summed E-state index contributed by atoms with van der Waals surface area (Å²) in [5.74, 6) is 1.12. The van der Waals surface area contributed by atoms with Crippen LogP contribution in [0.5, 0.6) is 0 Å². The molecular weight excluding hydrogens is 514 g/mol. The van der Waals surface area contributed by atoms with Gasteiger partial charge in [-0.05, 0) is 61.2 Å². The molecule has 0 unspecified atom stereocenters. The minimum absolute atomic E-state index is 0.0729. The lowest BCUT2D eigenvalue weighted by Crippen LogP contribution is -2.35. The molecule has 3 N–H and O–H groups in total. The van der Waals surface area contributed by atoms with E-state index in [2.05, 4.69) is 25.3 Å². The largest absolute Gasteiger partial charge is 0.395 e. The maximum absolute atomic E-state index is 13.5. The van der Waals surface area contributed by atoms with Crippen LogP contribution >= 0.6 is 0 Å². The second kappa shape index (κ2) is 11.6. The Bertz CT molecular complexity index is 1400. The molecule has 39 heavy (non-hydrogen) atoms. The fraction of sp³-hybridized carbons (Fsp3) is 0.517. The fourth-order valence-electron chi connectivity index (χ4n) is 5.43. The van der Waals surface area contributed by atoms with Crippen LogP contribution in [0.25, 0.3) is 11.0 Å². The number of carbonyl (C=O) groups excluding carboxylic acids is 1. The van der Waals surface area contributed by atoms with E-state index in [0.717, 1.165) is 23.4 Å². The standard InChI is InChI=1S/C29H41N5O4S/c1-29(2,3)28-31-25-18-23(12-15-26(25)34(28)19-21-8-6-5-7-9-21)32(4)39(37,38)24-13-10-22(11-14-24)33(16-17-35)20-27(30)36/h10-15,18,21,35H,5-9,16-17,19-20H2,1-4H3,(H2,30,36). The van der Waals surface area contributed by atoms with Crippen molar-refractivity contribution in [3.8, 4) is 0 Å². The van der Waals surface area contributed by atoms with Gasteiger partial charge >= 0.3 is 0 Å². The third-order valence-corrected chi connectivity index (χ3v) is 9.31. The van der Waals surface area contributed by atoms with Gasteiger partial charge in [0.25, 0.3) is 10.0 Å². The number of primary amides is 1. The number of benzene rings is 2. The molecule has 1 saturated carbocycles. The van der Waals surface area contributed by atoms with Gasteiger partial charge in [-0.2, -0.15) is 0 Å². The van der Waals surface area contributed by atoms with E-state index in [1.165, 1.54) is 48.5 Å². The number of aromatic nitrogens is 2. The van der Waals surface area contributed by atoms with E-state index in [4.69, 9.17) is 10.7 Å². The summed E-state index contributed by atoms with van der Waals surface area (Å²) in [4.78, 5) is 18.1. The van der Waals surface area contributed by atoms with Crippen LogP contribution in [0.4, 0.5) is 11.4 Å². The Morgan fingerprint density at radius 3 is 2.31 bits per heavy atom. The van der Waals surface area contributed by atoms with Crippen molar-refractivity contribution in [2.45, 2.75) is 69.7 Å². The number of hydrogen-bond acceptors (Lipinski definition) is 6. The van der Waals surface area contributed by atoms with Crippen molar-refractivity contribution >= 4 is 38.3 Å². The number of sulfonamides is 1. The van der Waals surface area contributed by atoms with Crippen LogP contribution < -0.4 is 14.9 Å². The lowest BCUT2D eigenvalue weighted by molar-refractivity contribution is -0.116. The van der Waals surface area contributed by atoms with Gasteiger partial charge in [0.05, 0.1) is 34.8 Å². The maximum atomic E-state index is 13.5. The van der Waals surface area contributed by atoms with Crippen LogP contribution in [0, 0.1) is 5.92 Å². The average Bonchev–Trinajstić information content (AvgIpc) is 3.26. The molecular formula is C29H41N5O4S. The number of imidazole rings is 1. The van der Waals surface area contributed by atoms with Crippen LogP contribution in [-0.4, -0.2) is 55.7 Å². The van der Waals surface area contributed by atoms with Crippen LogP contribution in [0.1, 0.15) is 58.7 Å². The third kappa shape index (κ3) is 6.38. The summed E-state index contributed by atoms with van der Waals surface area (Å²) in [6.07, 6.45) is 6.35. The number of nitrogens with zero attached hydrogens (tertiary/aromatic N) is 4. The Balaban J connectivity index is 1.63. The zero-order valence-corrected chi connectivity index (χ0v) is 24.2. The van der Waals surface area contributed by atoms with E-state index in [1.54, 1.807) is 24.1 Å². The highest BCUT2D eigenvalue weighted by Gasteiger charge is 2.27. The van der Waals surface area contributed by atoms with Gasteiger partial charge in [0.1, 0.15) is 5.82 Å². The number of hydrogen-bond donors (Lipinski definition) is 2. The minimum atomic E-state index is -3.85. The highest BCUT2D eigenvalue weighted by molar-refractivity contribution is 7.92. The number of anilines is 2. The predicted octanol–water partition coefficient (Wildman–Crippen LogP) is 4.02. The molecule has 0 radical (unpaired) electrons. The number of aliphatic hydroxyl groups excluding tert-OH is 1. The van der Waals surface area contributed by atoms with E-state index in [-0.39, 0.29) is 30.0 Å². The van der Waals surface area contributed by atoms with Crippen molar-refractivity contribution < 1.29 is 18.3 Å². The number of aliphatic hydroxyl groups is 1. The first-order valence-corrected chi connectivity index (χ1v) is 15.1. The van der Waals surface area contributed by atoms with Gasteiger partial charge in [-0.25, -0.2) is 13.4 Å². The Morgan fingerprint density at radius 1 is 1.08 bits per heavy atom. The molecule has 10 heteroatoms. The molecule has 3 aromatic rings. The molecule has 1 aliphatic rings. The molecule has 0 atom stereocenters. The SMILES string of the molecule is CN(c1ccc2c(c1)nc(C(C)(C)C)n2CC1CCCCC1)S(=O)(=O)c1ccc(N(CCO)CC(N)=O)cc1. The molecule has 1 fully saturated rings. The van der Waals surface area contributed by atoms with Gasteiger partial charge in [-0.1, -0.05) is 40.0 Å². The van der Waals surface area contributed by atoms with Crippen LogP contribution in [0.2, 0.25) is 0 Å². The van der Waals surface area contributed by atoms with Crippen molar-refractivity contribution in [3.63, 3.8) is 0 Å². The zero-order valence-electron chi connectivity index (χ0n) is 23.4. The maximum Gasteiger partial charge on any atom is 0.264 e. The van der Waals surface area contributed by atoms with E-state index >= 15 is 0 Å². The minimum Gasteiger partial charge on any atom is -0.395 e. The lowest BCUT2D eigenvalue weighted by Gasteiger charge is -2.26. The van der Waals surface area contributed by atoms with E-state index in [1.807, 2.05) is 18.2 Å². The first-order valence-electron chi connectivity index (χ1n) is 13.7. The second-order valence-corrected chi connectivity index (χ2v) is 13.5. The lowest BCUT2D eigenvalue weighted by atomic mass is 9.88. The molecule has 1 aromatic heterocycles. The van der Waals surface area contributed by atoms with Crippen molar-refractivity contribution in [2.75, 3.05) is 35.9 Å². The summed E-state index contributed by atoms with van der Waals surface area (Å²) in [5.41, 5.74) is 8.12. The van der Waals surface area contributed by atoms with Crippen LogP contribution in [0.15, 0.2) is 47.4 Å². The van der Waals surface area contributed by atoms with E-state index < -0.39 is 15.9 Å². The molecule has 1 amide bonds. The van der Waals surface area contributed by atoms with Gasteiger partial charge in [-0.15, -0.1) is 0 Å².